The Morgan fingerprint density at radius 2 is 2.22 bits per heavy atom. The van der Waals surface area contributed by atoms with Gasteiger partial charge in [-0.1, -0.05) is 43.1 Å². The van der Waals surface area contributed by atoms with Gasteiger partial charge in [0.2, 0.25) is 0 Å². The van der Waals surface area contributed by atoms with Gasteiger partial charge in [0.25, 0.3) is 0 Å². The summed E-state index contributed by atoms with van der Waals surface area (Å²) >= 11 is 6.16. The third-order valence-electron chi connectivity index (χ3n) is 3.52. The minimum atomic E-state index is 0.437. The van der Waals surface area contributed by atoms with Crippen molar-refractivity contribution in [3.8, 4) is 0 Å². The molecular weight excluding hydrogens is 246 g/mol. The van der Waals surface area contributed by atoms with Crippen LogP contribution in [0.2, 0.25) is 5.02 Å². The highest BCUT2D eigenvalue weighted by atomic mass is 35.5. The first-order valence-corrected chi connectivity index (χ1v) is 7.25. The van der Waals surface area contributed by atoms with Crippen molar-refractivity contribution >= 4 is 11.6 Å². The Kier molecular flexibility index (Phi) is 5.48. The number of hydrogen-bond acceptors (Lipinski definition) is 2. The fourth-order valence-electron chi connectivity index (χ4n) is 2.48. The van der Waals surface area contributed by atoms with E-state index in [1.807, 2.05) is 18.2 Å². The average molecular weight is 268 g/mol. The van der Waals surface area contributed by atoms with Gasteiger partial charge in [0.1, 0.15) is 0 Å². The third kappa shape index (κ3) is 3.98. The molecular formula is C15H22ClNO. The molecule has 3 heteroatoms. The maximum absolute atomic E-state index is 6.16. The summed E-state index contributed by atoms with van der Waals surface area (Å²) in [6.07, 6.45) is 5.03. The molecule has 100 valence electrons. The van der Waals surface area contributed by atoms with Crippen molar-refractivity contribution in [2.45, 2.75) is 51.3 Å². The summed E-state index contributed by atoms with van der Waals surface area (Å²) in [5.74, 6) is 0. The largest absolute Gasteiger partial charge is 0.378 e. The van der Waals surface area contributed by atoms with E-state index in [-0.39, 0.29) is 0 Å². The van der Waals surface area contributed by atoms with Crippen molar-refractivity contribution in [2.24, 2.45) is 0 Å². The topological polar surface area (TPSA) is 21.3 Å². The molecule has 0 saturated carbocycles. The van der Waals surface area contributed by atoms with Gasteiger partial charge in [0.05, 0.1) is 6.10 Å². The van der Waals surface area contributed by atoms with Gasteiger partial charge in [-0.3, -0.25) is 0 Å². The molecule has 2 atom stereocenters. The van der Waals surface area contributed by atoms with Gasteiger partial charge in [-0.25, -0.2) is 0 Å². The van der Waals surface area contributed by atoms with Crippen molar-refractivity contribution in [3.05, 3.63) is 34.9 Å². The summed E-state index contributed by atoms with van der Waals surface area (Å²) in [6.45, 7) is 3.94. The van der Waals surface area contributed by atoms with Gasteiger partial charge in [0, 0.05) is 24.2 Å². The lowest BCUT2D eigenvalue weighted by Gasteiger charge is -2.30. The van der Waals surface area contributed by atoms with E-state index in [4.69, 9.17) is 16.3 Å². The Balaban J connectivity index is 1.81. The lowest BCUT2D eigenvalue weighted by Crippen LogP contribution is -2.38. The molecule has 1 aliphatic heterocycles. The van der Waals surface area contributed by atoms with E-state index in [0.717, 1.165) is 31.0 Å². The van der Waals surface area contributed by atoms with E-state index in [1.54, 1.807) is 0 Å². The SMILES string of the molecule is CCCC1CC(NCc2ccccc2Cl)CCO1. The van der Waals surface area contributed by atoms with Crippen LogP contribution in [0.15, 0.2) is 24.3 Å². The Labute approximate surface area is 115 Å². The molecule has 1 aromatic rings. The van der Waals surface area contributed by atoms with Crippen LogP contribution in [0.3, 0.4) is 0 Å². The molecule has 2 unspecified atom stereocenters. The lowest BCUT2D eigenvalue weighted by atomic mass is 10.00. The van der Waals surface area contributed by atoms with Crippen molar-refractivity contribution in [1.29, 1.82) is 0 Å². The molecule has 1 aromatic carbocycles. The standard InChI is InChI=1S/C15H22ClNO/c1-2-5-14-10-13(8-9-18-14)17-11-12-6-3-4-7-15(12)16/h3-4,6-7,13-14,17H,2,5,8-11H2,1H3. The Morgan fingerprint density at radius 1 is 1.39 bits per heavy atom. The second kappa shape index (κ2) is 7.13. The summed E-state index contributed by atoms with van der Waals surface area (Å²) in [6, 6.07) is 8.59. The predicted octanol–water partition coefficient (Wildman–Crippen LogP) is 3.78. The molecule has 1 N–H and O–H groups in total. The summed E-state index contributed by atoms with van der Waals surface area (Å²) in [5, 5.41) is 4.45. The van der Waals surface area contributed by atoms with E-state index in [1.165, 1.54) is 18.4 Å². The van der Waals surface area contributed by atoms with Gasteiger partial charge >= 0.3 is 0 Å². The van der Waals surface area contributed by atoms with Crippen LogP contribution in [0, 0.1) is 0 Å². The highest BCUT2D eigenvalue weighted by Gasteiger charge is 2.21. The molecule has 1 fully saturated rings. The highest BCUT2D eigenvalue weighted by molar-refractivity contribution is 6.31. The van der Waals surface area contributed by atoms with Crippen LogP contribution in [-0.2, 0) is 11.3 Å². The number of nitrogens with one attached hydrogen (secondary N) is 1. The smallest absolute Gasteiger partial charge is 0.0589 e. The third-order valence-corrected chi connectivity index (χ3v) is 3.89. The summed E-state index contributed by atoms with van der Waals surface area (Å²) in [7, 11) is 0. The summed E-state index contributed by atoms with van der Waals surface area (Å²) < 4.78 is 5.76. The molecule has 2 nitrogen and oxygen atoms in total. The molecule has 1 saturated heterocycles. The highest BCUT2D eigenvalue weighted by Crippen LogP contribution is 2.19. The normalized spacial score (nSPS) is 24.1. The quantitative estimate of drug-likeness (QED) is 0.877. The van der Waals surface area contributed by atoms with Gasteiger partial charge in [-0.2, -0.15) is 0 Å². The molecule has 0 amide bonds. The maximum atomic E-state index is 6.16. The molecule has 0 radical (unpaired) electrons. The van der Waals surface area contributed by atoms with Crippen LogP contribution in [-0.4, -0.2) is 18.8 Å². The van der Waals surface area contributed by atoms with Crippen LogP contribution < -0.4 is 5.32 Å². The molecule has 1 aliphatic rings. The van der Waals surface area contributed by atoms with Crippen molar-refractivity contribution in [1.82, 2.24) is 5.32 Å². The van der Waals surface area contributed by atoms with Gasteiger partial charge in [-0.05, 0) is 30.9 Å². The van der Waals surface area contributed by atoms with Crippen molar-refractivity contribution < 1.29 is 4.74 Å². The van der Waals surface area contributed by atoms with Crippen molar-refractivity contribution in [2.75, 3.05) is 6.61 Å². The predicted molar refractivity (Wildman–Crippen MR) is 76.0 cm³/mol. The zero-order chi connectivity index (χ0) is 12.8. The van der Waals surface area contributed by atoms with Crippen LogP contribution in [0.25, 0.3) is 0 Å². The average Bonchev–Trinajstić information content (AvgIpc) is 2.39. The van der Waals surface area contributed by atoms with Gasteiger partial charge < -0.3 is 10.1 Å². The van der Waals surface area contributed by atoms with E-state index < -0.39 is 0 Å². The van der Waals surface area contributed by atoms with Crippen molar-refractivity contribution in [3.63, 3.8) is 0 Å². The first-order chi connectivity index (χ1) is 8.79. The first-order valence-electron chi connectivity index (χ1n) is 6.88. The van der Waals surface area contributed by atoms with Gasteiger partial charge in [0.15, 0.2) is 0 Å². The number of benzene rings is 1. The summed E-state index contributed by atoms with van der Waals surface area (Å²) in [5.41, 5.74) is 1.18. The van der Waals surface area contributed by atoms with Crippen LogP contribution in [0.5, 0.6) is 0 Å². The number of hydrogen-bond donors (Lipinski definition) is 1. The lowest BCUT2D eigenvalue weighted by molar-refractivity contribution is -0.00342. The minimum absolute atomic E-state index is 0.437. The minimum Gasteiger partial charge on any atom is -0.378 e. The fourth-order valence-corrected chi connectivity index (χ4v) is 2.69. The Morgan fingerprint density at radius 3 is 3.00 bits per heavy atom. The van der Waals surface area contributed by atoms with E-state index >= 15 is 0 Å². The van der Waals surface area contributed by atoms with Crippen LogP contribution >= 0.6 is 11.6 Å². The summed E-state index contributed by atoms with van der Waals surface area (Å²) in [4.78, 5) is 0. The van der Waals surface area contributed by atoms with E-state index in [9.17, 15) is 0 Å². The first kappa shape index (κ1) is 13.9. The molecule has 1 heterocycles. The molecule has 18 heavy (non-hydrogen) atoms. The zero-order valence-electron chi connectivity index (χ0n) is 11.0. The number of halogens is 1. The molecule has 0 bridgehead atoms. The molecule has 0 aromatic heterocycles. The Hall–Kier alpha value is -0.570. The second-order valence-electron chi connectivity index (χ2n) is 4.98. The number of ether oxygens (including phenoxy) is 1. The number of rotatable bonds is 5. The Bertz CT molecular complexity index is 367. The monoisotopic (exact) mass is 267 g/mol. The maximum Gasteiger partial charge on any atom is 0.0589 e. The zero-order valence-corrected chi connectivity index (χ0v) is 11.7. The van der Waals surface area contributed by atoms with E-state index in [2.05, 4.69) is 18.3 Å². The second-order valence-corrected chi connectivity index (χ2v) is 5.38. The molecule has 2 rings (SSSR count). The van der Waals surface area contributed by atoms with Crippen LogP contribution in [0.1, 0.15) is 38.2 Å². The molecule has 0 spiro atoms. The molecule has 0 aliphatic carbocycles. The van der Waals surface area contributed by atoms with Crippen LogP contribution in [0.4, 0.5) is 0 Å². The fraction of sp³-hybridized carbons (Fsp3) is 0.600. The van der Waals surface area contributed by atoms with E-state index in [0.29, 0.717) is 12.1 Å². The van der Waals surface area contributed by atoms with Gasteiger partial charge in [-0.15, -0.1) is 0 Å².